The average molecular weight is 284 g/mol. The van der Waals surface area contributed by atoms with Crippen molar-refractivity contribution < 1.29 is 4.39 Å². The first-order valence-electron chi connectivity index (χ1n) is 4.82. The summed E-state index contributed by atoms with van der Waals surface area (Å²) in [5.41, 5.74) is 1.81. The van der Waals surface area contributed by atoms with Crippen LogP contribution in [-0.2, 0) is 13.6 Å². The first kappa shape index (κ1) is 11.1. The summed E-state index contributed by atoms with van der Waals surface area (Å²) in [4.78, 5) is 0. The van der Waals surface area contributed by atoms with Crippen LogP contribution < -0.4 is 5.32 Å². The predicted octanol–water partition coefficient (Wildman–Crippen LogP) is 2.93. The standard InChI is InChI=1S/C11H11BrFN3/c1-16-5-4-9(15-16)7-14-8-2-3-11(13)10(12)6-8/h2-6,14H,7H2,1H3. The molecule has 0 radical (unpaired) electrons. The molecule has 2 rings (SSSR count). The van der Waals surface area contributed by atoms with Crippen molar-refractivity contribution in [3.63, 3.8) is 0 Å². The molecule has 1 heterocycles. The molecular weight excluding hydrogens is 273 g/mol. The van der Waals surface area contributed by atoms with Gasteiger partial charge in [0.15, 0.2) is 0 Å². The molecule has 0 saturated heterocycles. The molecule has 16 heavy (non-hydrogen) atoms. The Morgan fingerprint density at radius 1 is 1.44 bits per heavy atom. The summed E-state index contributed by atoms with van der Waals surface area (Å²) in [6.45, 7) is 0.624. The Bertz CT molecular complexity index is 496. The zero-order valence-electron chi connectivity index (χ0n) is 8.74. The van der Waals surface area contributed by atoms with Crippen LogP contribution in [0.4, 0.5) is 10.1 Å². The van der Waals surface area contributed by atoms with Crippen LogP contribution in [0, 0.1) is 5.82 Å². The highest BCUT2D eigenvalue weighted by molar-refractivity contribution is 9.10. The van der Waals surface area contributed by atoms with Gasteiger partial charge in [-0.2, -0.15) is 5.10 Å². The minimum atomic E-state index is -0.261. The average Bonchev–Trinajstić information content (AvgIpc) is 2.66. The van der Waals surface area contributed by atoms with E-state index in [-0.39, 0.29) is 5.82 Å². The third-order valence-corrected chi connectivity index (χ3v) is 2.77. The fourth-order valence-corrected chi connectivity index (χ4v) is 1.73. The molecule has 0 bridgehead atoms. The summed E-state index contributed by atoms with van der Waals surface area (Å²) in [7, 11) is 1.87. The summed E-state index contributed by atoms with van der Waals surface area (Å²) < 4.78 is 15.2. The number of rotatable bonds is 3. The van der Waals surface area contributed by atoms with Gasteiger partial charge in [-0.3, -0.25) is 4.68 Å². The van der Waals surface area contributed by atoms with Crippen molar-refractivity contribution in [2.24, 2.45) is 7.05 Å². The number of aryl methyl sites for hydroxylation is 1. The lowest BCUT2D eigenvalue weighted by Gasteiger charge is -2.05. The topological polar surface area (TPSA) is 29.9 Å². The molecule has 2 aromatic rings. The molecule has 84 valence electrons. The van der Waals surface area contributed by atoms with E-state index in [1.807, 2.05) is 19.3 Å². The molecule has 0 amide bonds. The van der Waals surface area contributed by atoms with E-state index in [1.54, 1.807) is 16.8 Å². The molecule has 0 atom stereocenters. The van der Waals surface area contributed by atoms with Gasteiger partial charge >= 0.3 is 0 Å². The van der Waals surface area contributed by atoms with Crippen LogP contribution in [0.3, 0.4) is 0 Å². The minimum Gasteiger partial charge on any atom is -0.379 e. The highest BCUT2D eigenvalue weighted by atomic mass is 79.9. The molecule has 0 aliphatic rings. The molecule has 1 aromatic carbocycles. The van der Waals surface area contributed by atoms with Gasteiger partial charge in [-0.15, -0.1) is 0 Å². The number of nitrogens with zero attached hydrogens (tertiary/aromatic N) is 2. The first-order chi connectivity index (χ1) is 7.65. The zero-order valence-corrected chi connectivity index (χ0v) is 10.3. The van der Waals surface area contributed by atoms with E-state index in [0.29, 0.717) is 11.0 Å². The fourth-order valence-electron chi connectivity index (χ4n) is 1.36. The van der Waals surface area contributed by atoms with Crippen LogP contribution in [0.25, 0.3) is 0 Å². The van der Waals surface area contributed by atoms with E-state index in [9.17, 15) is 4.39 Å². The maximum atomic E-state index is 13.0. The summed E-state index contributed by atoms with van der Waals surface area (Å²) in [5.74, 6) is -0.261. The van der Waals surface area contributed by atoms with E-state index < -0.39 is 0 Å². The summed E-state index contributed by atoms with van der Waals surface area (Å²) in [6.07, 6.45) is 1.89. The van der Waals surface area contributed by atoms with Crippen molar-refractivity contribution >= 4 is 21.6 Å². The Morgan fingerprint density at radius 2 is 2.25 bits per heavy atom. The molecule has 0 fully saturated rings. The predicted molar refractivity (Wildman–Crippen MR) is 64.6 cm³/mol. The van der Waals surface area contributed by atoms with Gasteiger partial charge in [0.1, 0.15) is 5.82 Å². The Balaban J connectivity index is 2.02. The van der Waals surface area contributed by atoms with Gasteiger partial charge < -0.3 is 5.32 Å². The highest BCUT2D eigenvalue weighted by Gasteiger charge is 2.01. The van der Waals surface area contributed by atoms with E-state index in [2.05, 4.69) is 26.3 Å². The van der Waals surface area contributed by atoms with Crippen molar-refractivity contribution in [2.75, 3.05) is 5.32 Å². The monoisotopic (exact) mass is 283 g/mol. The maximum absolute atomic E-state index is 13.0. The number of hydrogen-bond acceptors (Lipinski definition) is 2. The molecule has 1 N–H and O–H groups in total. The van der Waals surface area contributed by atoms with Gasteiger partial charge in [-0.05, 0) is 40.2 Å². The largest absolute Gasteiger partial charge is 0.379 e. The Labute approximate surface area is 101 Å². The van der Waals surface area contributed by atoms with Crippen molar-refractivity contribution in [2.45, 2.75) is 6.54 Å². The number of hydrogen-bond donors (Lipinski definition) is 1. The van der Waals surface area contributed by atoms with Gasteiger partial charge in [-0.25, -0.2) is 4.39 Å². The number of nitrogens with one attached hydrogen (secondary N) is 1. The molecule has 1 aromatic heterocycles. The van der Waals surface area contributed by atoms with Crippen molar-refractivity contribution in [1.82, 2.24) is 9.78 Å². The van der Waals surface area contributed by atoms with E-state index >= 15 is 0 Å². The van der Waals surface area contributed by atoms with Gasteiger partial charge in [0.25, 0.3) is 0 Å². The van der Waals surface area contributed by atoms with E-state index in [0.717, 1.165) is 11.4 Å². The molecule has 0 spiro atoms. The van der Waals surface area contributed by atoms with Crippen molar-refractivity contribution in [1.29, 1.82) is 0 Å². The Kier molecular flexibility index (Phi) is 3.24. The number of benzene rings is 1. The normalized spacial score (nSPS) is 10.4. The Morgan fingerprint density at radius 3 is 2.88 bits per heavy atom. The molecule has 5 heteroatoms. The molecule has 0 aliphatic heterocycles. The number of halogens is 2. The summed E-state index contributed by atoms with van der Waals surface area (Å²) in [5, 5.41) is 7.40. The second-order valence-corrected chi connectivity index (χ2v) is 4.32. The lowest BCUT2D eigenvalue weighted by molar-refractivity contribution is 0.621. The van der Waals surface area contributed by atoms with Crippen molar-refractivity contribution in [3.05, 3.63) is 46.4 Å². The number of anilines is 1. The number of aromatic nitrogens is 2. The van der Waals surface area contributed by atoms with Crippen LogP contribution >= 0.6 is 15.9 Å². The minimum absolute atomic E-state index is 0.261. The molecule has 0 saturated carbocycles. The van der Waals surface area contributed by atoms with E-state index in [1.165, 1.54) is 6.07 Å². The molecule has 3 nitrogen and oxygen atoms in total. The van der Waals surface area contributed by atoms with E-state index in [4.69, 9.17) is 0 Å². The second-order valence-electron chi connectivity index (χ2n) is 3.46. The first-order valence-corrected chi connectivity index (χ1v) is 5.62. The molecule has 0 unspecified atom stereocenters. The second kappa shape index (κ2) is 4.65. The van der Waals surface area contributed by atoms with Crippen LogP contribution in [0.2, 0.25) is 0 Å². The smallest absolute Gasteiger partial charge is 0.137 e. The SMILES string of the molecule is Cn1ccc(CNc2ccc(F)c(Br)c2)n1. The van der Waals surface area contributed by atoms with Crippen LogP contribution in [0.1, 0.15) is 5.69 Å². The molecule has 0 aliphatic carbocycles. The van der Waals surface area contributed by atoms with Gasteiger partial charge in [0.2, 0.25) is 0 Å². The third kappa shape index (κ3) is 2.61. The lowest BCUT2D eigenvalue weighted by Crippen LogP contribution is -2.01. The Hall–Kier alpha value is -1.36. The maximum Gasteiger partial charge on any atom is 0.137 e. The summed E-state index contributed by atoms with van der Waals surface area (Å²) >= 11 is 3.14. The highest BCUT2D eigenvalue weighted by Crippen LogP contribution is 2.20. The van der Waals surface area contributed by atoms with Crippen LogP contribution in [-0.4, -0.2) is 9.78 Å². The molecular formula is C11H11BrFN3. The van der Waals surface area contributed by atoms with Crippen molar-refractivity contribution in [3.8, 4) is 0 Å². The zero-order chi connectivity index (χ0) is 11.5. The van der Waals surface area contributed by atoms with Gasteiger partial charge in [0.05, 0.1) is 16.7 Å². The van der Waals surface area contributed by atoms with Gasteiger partial charge in [-0.1, -0.05) is 0 Å². The third-order valence-electron chi connectivity index (χ3n) is 2.16. The fraction of sp³-hybridized carbons (Fsp3) is 0.182. The van der Waals surface area contributed by atoms with Gasteiger partial charge in [0, 0.05) is 18.9 Å². The van der Waals surface area contributed by atoms with Crippen LogP contribution in [0.15, 0.2) is 34.9 Å². The quantitative estimate of drug-likeness (QED) is 0.939. The van der Waals surface area contributed by atoms with Crippen LogP contribution in [0.5, 0.6) is 0 Å². The lowest BCUT2D eigenvalue weighted by atomic mass is 10.3. The summed E-state index contributed by atoms with van der Waals surface area (Å²) in [6, 6.07) is 6.76.